The van der Waals surface area contributed by atoms with Gasteiger partial charge in [-0.05, 0) is 38.2 Å². The molecule has 0 spiro atoms. The van der Waals surface area contributed by atoms with E-state index in [2.05, 4.69) is 51.7 Å². The first-order chi connectivity index (χ1) is 13.3. The monoisotopic (exact) mass is 500 g/mol. The van der Waals surface area contributed by atoms with Gasteiger partial charge in [0.05, 0.1) is 6.10 Å². The maximum atomic E-state index is 5.94. The lowest BCUT2D eigenvalue weighted by Gasteiger charge is -2.24. The highest BCUT2D eigenvalue weighted by Crippen LogP contribution is 2.26. The summed E-state index contributed by atoms with van der Waals surface area (Å²) in [7, 11) is 1.85. The molecular formula is C22H37IN4O. The fourth-order valence-corrected chi connectivity index (χ4v) is 4.25. The van der Waals surface area contributed by atoms with Crippen LogP contribution in [0.25, 0.3) is 0 Å². The van der Waals surface area contributed by atoms with E-state index in [0.29, 0.717) is 6.04 Å². The lowest BCUT2D eigenvalue weighted by atomic mass is 10.1. The Bertz CT molecular complexity index is 577. The molecule has 0 aromatic heterocycles. The van der Waals surface area contributed by atoms with Crippen molar-refractivity contribution in [1.82, 2.24) is 15.5 Å². The average Bonchev–Trinajstić information content (AvgIpc) is 3.39. The lowest BCUT2D eigenvalue weighted by molar-refractivity contribution is 0.0646. The van der Waals surface area contributed by atoms with Crippen molar-refractivity contribution in [2.75, 3.05) is 33.3 Å². The van der Waals surface area contributed by atoms with Crippen molar-refractivity contribution in [1.29, 1.82) is 0 Å². The second kappa shape index (κ2) is 12.6. The minimum absolute atomic E-state index is 0. The summed E-state index contributed by atoms with van der Waals surface area (Å²) in [5.74, 6) is 0.921. The molecule has 2 N–H and O–H groups in total. The molecule has 0 bridgehead atoms. The molecule has 28 heavy (non-hydrogen) atoms. The van der Waals surface area contributed by atoms with Gasteiger partial charge in [-0.2, -0.15) is 0 Å². The van der Waals surface area contributed by atoms with Crippen LogP contribution in [-0.4, -0.2) is 56.2 Å². The topological polar surface area (TPSA) is 48.9 Å². The molecule has 158 valence electrons. The van der Waals surface area contributed by atoms with Crippen LogP contribution in [0.15, 0.2) is 35.3 Å². The Labute approximate surface area is 187 Å². The molecule has 1 saturated carbocycles. The van der Waals surface area contributed by atoms with Crippen LogP contribution in [0, 0.1) is 0 Å². The maximum Gasteiger partial charge on any atom is 0.191 e. The van der Waals surface area contributed by atoms with E-state index in [9.17, 15) is 0 Å². The highest BCUT2D eigenvalue weighted by molar-refractivity contribution is 14.0. The van der Waals surface area contributed by atoms with Crippen LogP contribution in [0.4, 0.5) is 0 Å². The van der Waals surface area contributed by atoms with Crippen LogP contribution in [-0.2, 0) is 4.74 Å². The predicted octanol–water partition coefficient (Wildman–Crippen LogP) is 3.95. The summed E-state index contributed by atoms with van der Waals surface area (Å²) >= 11 is 0. The van der Waals surface area contributed by atoms with E-state index in [0.717, 1.165) is 38.1 Å². The first-order valence-corrected chi connectivity index (χ1v) is 10.6. The van der Waals surface area contributed by atoms with E-state index in [-0.39, 0.29) is 30.1 Å². The first kappa shape index (κ1) is 23.4. The number of hydrogen-bond donors (Lipinski definition) is 2. The van der Waals surface area contributed by atoms with Crippen molar-refractivity contribution in [2.24, 2.45) is 4.99 Å². The van der Waals surface area contributed by atoms with Gasteiger partial charge in [-0.3, -0.25) is 9.89 Å². The Morgan fingerprint density at radius 1 is 1.21 bits per heavy atom. The molecule has 2 fully saturated rings. The predicted molar refractivity (Wildman–Crippen MR) is 128 cm³/mol. The van der Waals surface area contributed by atoms with Crippen molar-refractivity contribution >= 4 is 29.9 Å². The van der Waals surface area contributed by atoms with Gasteiger partial charge in [-0.1, -0.05) is 43.2 Å². The van der Waals surface area contributed by atoms with Crippen molar-refractivity contribution < 1.29 is 4.74 Å². The fourth-order valence-electron chi connectivity index (χ4n) is 4.25. The normalized spacial score (nSPS) is 22.1. The summed E-state index contributed by atoms with van der Waals surface area (Å²) in [6.07, 6.45) is 7.93. The second-order valence-electron chi connectivity index (χ2n) is 7.84. The Kier molecular flexibility index (Phi) is 10.6. The molecule has 0 amide bonds. The van der Waals surface area contributed by atoms with Crippen molar-refractivity contribution in [3.63, 3.8) is 0 Å². The number of halogens is 1. The van der Waals surface area contributed by atoms with E-state index in [4.69, 9.17) is 4.74 Å². The molecule has 1 aliphatic heterocycles. The lowest BCUT2D eigenvalue weighted by Crippen LogP contribution is -2.45. The molecule has 5 nitrogen and oxygen atoms in total. The van der Waals surface area contributed by atoms with Gasteiger partial charge >= 0.3 is 0 Å². The SMILES string of the molecule is CN=C(NCCCOC(C)c1ccccc1)NC1CCN(C2CCCC2)C1.I. The third-order valence-corrected chi connectivity index (χ3v) is 5.88. The summed E-state index contributed by atoms with van der Waals surface area (Å²) in [6, 6.07) is 11.7. The quantitative estimate of drug-likeness (QED) is 0.246. The number of aliphatic imine (C=N–C) groups is 1. The zero-order valence-corrected chi connectivity index (χ0v) is 19.7. The Morgan fingerprint density at radius 3 is 2.68 bits per heavy atom. The molecule has 1 aromatic rings. The summed E-state index contributed by atoms with van der Waals surface area (Å²) < 4.78 is 5.94. The number of ether oxygens (including phenoxy) is 1. The van der Waals surface area contributed by atoms with Crippen LogP contribution in [0.5, 0.6) is 0 Å². The van der Waals surface area contributed by atoms with Gasteiger partial charge in [0.25, 0.3) is 0 Å². The van der Waals surface area contributed by atoms with E-state index in [1.54, 1.807) is 0 Å². The molecule has 3 rings (SSSR count). The standard InChI is InChI=1S/C22H36N4O.HI/c1-18(19-9-4-3-5-10-19)27-16-8-14-24-22(23-2)25-20-13-15-26(17-20)21-11-6-7-12-21;/h3-5,9-10,18,20-21H,6-8,11-17H2,1-2H3,(H2,23,24,25);1H. The highest BCUT2D eigenvalue weighted by atomic mass is 127. The fraction of sp³-hybridized carbons (Fsp3) is 0.682. The Hall–Kier alpha value is -0.860. The zero-order valence-electron chi connectivity index (χ0n) is 17.4. The van der Waals surface area contributed by atoms with E-state index >= 15 is 0 Å². The Morgan fingerprint density at radius 2 is 1.96 bits per heavy atom. The number of benzene rings is 1. The van der Waals surface area contributed by atoms with E-state index in [1.165, 1.54) is 44.2 Å². The van der Waals surface area contributed by atoms with Crippen molar-refractivity contribution in [3.8, 4) is 0 Å². The van der Waals surface area contributed by atoms with E-state index < -0.39 is 0 Å². The third-order valence-electron chi connectivity index (χ3n) is 5.88. The smallest absolute Gasteiger partial charge is 0.191 e. The van der Waals surface area contributed by atoms with Gasteiger partial charge in [0, 0.05) is 45.4 Å². The first-order valence-electron chi connectivity index (χ1n) is 10.6. The van der Waals surface area contributed by atoms with Gasteiger partial charge < -0.3 is 15.4 Å². The molecule has 1 heterocycles. The summed E-state index contributed by atoms with van der Waals surface area (Å²) in [6.45, 7) is 6.12. The molecular weight excluding hydrogens is 463 g/mol. The van der Waals surface area contributed by atoms with Gasteiger partial charge in [0.1, 0.15) is 0 Å². The maximum absolute atomic E-state index is 5.94. The molecule has 1 aliphatic carbocycles. The number of nitrogens with zero attached hydrogens (tertiary/aromatic N) is 2. The number of hydrogen-bond acceptors (Lipinski definition) is 3. The minimum atomic E-state index is 0. The summed E-state index contributed by atoms with van der Waals surface area (Å²) in [5, 5.41) is 7.04. The number of guanidine groups is 1. The van der Waals surface area contributed by atoms with Gasteiger partial charge in [-0.15, -0.1) is 24.0 Å². The van der Waals surface area contributed by atoms with Crippen molar-refractivity contribution in [3.05, 3.63) is 35.9 Å². The highest BCUT2D eigenvalue weighted by Gasteiger charge is 2.30. The Balaban J connectivity index is 0.00000280. The second-order valence-corrected chi connectivity index (χ2v) is 7.84. The third kappa shape index (κ3) is 7.19. The molecule has 1 aromatic carbocycles. The largest absolute Gasteiger partial charge is 0.374 e. The molecule has 1 saturated heterocycles. The van der Waals surface area contributed by atoms with Gasteiger partial charge in [-0.25, -0.2) is 0 Å². The van der Waals surface area contributed by atoms with Crippen LogP contribution >= 0.6 is 24.0 Å². The van der Waals surface area contributed by atoms with Crippen LogP contribution in [0.3, 0.4) is 0 Å². The van der Waals surface area contributed by atoms with Crippen LogP contribution in [0.2, 0.25) is 0 Å². The minimum Gasteiger partial charge on any atom is -0.374 e. The zero-order chi connectivity index (χ0) is 18.9. The van der Waals surface area contributed by atoms with Gasteiger partial charge in [0.2, 0.25) is 0 Å². The number of nitrogens with one attached hydrogen (secondary N) is 2. The molecule has 2 aliphatic rings. The molecule has 2 atom stereocenters. The van der Waals surface area contributed by atoms with Gasteiger partial charge in [0.15, 0.2) is 5.96 Å². The number of likely N-dealkylation sites (tertiary alicyclic amines) is 1. The number of rotatable bonds is 8. The van der Waals surface area contributed by atoms with Crippen LogP contribution < -0.4 is 10.6 Å². The van der Waals surface area contributed by atoms with Crippen LogP contribution in [0.1, 0.15) is 57.1 Å². The molecule has 2 unspecified atom stereocenters. The molecule has 6 heteroatoms. The molecule has 0 radical (unpaired) electrons. The summed E-state index contributed by atoms with van der Waals surface area (Å²) in [4.78, 5) is 7.07. The van der Waals surface area contributed by atoms with E-state index in [1.807, 2.05) is 13.1 Å². The summed E-state index contributed by atoms with van der Waals surface area (Å²) in [5.41, 5.74) is 1.23. The average molecular weight is 500 g/mol. The van der Waals surface area contributed by atoms with Crippen molar-refractivity contribution in [2.45, 2.75) is 63.6 Å².